The summed E-state index contributed by atoms with van der Waals surface area (Å²) in [5, 5.41) is 6.28. The number of ether oxygens (including phenoxy) is 1. The fourth-order valence-corrected chi connectivity index (χ4v) is 2.65. The lowest BCUT2D eigenvalue weighted by molar-refractivity contribution is 0.0636. The third kappa shape index (κ3) is 5.29. The summed E-state index contributed by atoms with van der Waals surface area (Å²) in [5.74, 6) is 0.815. The first-order valence-electron chi connectivity index (χ1n) is 7.68. The number of rotatable bonds is 3. The molecule has 4 nitrogen and oxygen atoms in total. The van der Waals surface area contributed by atoms with Gasteiger partial charge in [-0.25, -0.2) is 4.79 Å². The molecule has 116 valence electrons. The van der Waals surface area contributed by atoms with Gasteiger partial charge in [0, 0.05) is 17.4 Å². The molecule has 0 bridgehead atoms. The van der Waals surface area contributed by atoms with Gasteiger partial charge in [-0.2, -0.15) is 0 Å². The minimum Gasteiger partial charge on any atom is -0.444 e. The molecule has 0 aromatic heterocycles. The molecule has 1 aliphatic rings. The highest BCUT2D eigenvalue weighted by molar-refractivity contribution is 5.85. The first-order chi connectivity index (χ1) is 9.82. The summed E-state index contributed by atoms with van der Waals surface area (Å²) in [7, 11) is 0. The van der Waals surface area contributed by atoms with E-state index in [0.717, 1.165) is 17.3 Å². The Hall–Kier alpha value is -1.71. The van der Waals surface area contributed by atoms with Crippen LogP contribution in [-0.4, -0.2) is 17.7 Å². The van der Waals surface area contributed by atoms with Crippen LogP contribution < -0.4 is 10.6 Å². The lowest BCUT2D eigenvalue weighted by Gasteiger charge is -2.20. The van der Waals surface area contributed by atoms with Crippen LogP contribution in [0.4, 0.5) is 16.2 Å². The Balaban J connectivity index is 1.85. The summed E-state index contributed by atoms with van der Waals surface area (Å²) < 4.78 is 5.23. The van der Waals surface area contributed by atoms with Crippen molar-refractivity contribution in [3.8, 4) is 0 Å². The largest absolute Gasteiger partial charge is 0.444 e. The minimum absolute atomic E-state index is 0.423. The van der Waals surface area contributed by atoms with Crippen LogP contribution in [0.1, 0.15) is 47.0 Å². The molecule has 1 saturated carbocycles. The Morgan fingerprint density at radius 2 is 1.76 bits per heavy atom. The zero-order valence-electron chi connectivity index (χ0n) is 13.4. The molecule has 1 aliphatic carbocycles. The van der Waals surface area contributed by atoms with Crippen molar-refractivity contribution < 1.29 is 9.53 Å². The normalized spacial score (nSPS) is 21.9. The van der Waals surface area contributed by atoms with E-state index in [1.807, 2.05) is 45.0 Å². The minimum atomic E-state index is -0.481. The standard InChI is InChI=1S/C17H26N2O2/c1-12-5-6-15(11-12)18-13-7-9-14(10-8-13)19-16(20)21-17(2,3)4/h7-10,12,15,18H,5-6,11H2,1-4H3,(H,19,20). The molecule has 1 aromatic rings. The summed E-state index contributed by atoms with van der Waals surface area (Å²) in [5.41, 5.74) is 1.36. The maximum atomic E-state index is 11.7. The summed E-state index contributed by atoms with van der Waals surface area (Å²) >= 11 is 0. The highest BCUT2D eigenvalue weighted by atomic mass is 16.6. The lowest BCUT2D eigenvalue weighted by Crippen LogP contribution is -2.27. The first kappa shape index (κ1) is 15.7. The quantitative estimate of drug-likeness (QED) is 0.853. The van der Waals surface area contributed by atoms with Crippen molar-refractivity contribution in [3.63, 3.8) is 0 Å². The first-order valence-corrected chi connectivity index (χ1v) is 7.68. The third-order valence-corrected chi connectivity index (χ3v) is 3.60. The van der Waals surface area contributed by atoms with Crippen molar-refractivity contribution in [2.45, 2.75) is 58.6 Å². The Morgan fingerprint density at radius 1 is 1.14 bits per heavy atom. The summed E-state index contributed by atoms with van der Waals surface area (Å²) in [6.07, 6.45) is 3.35. The van der Waals surface area contributed by atoms with Crippen LogP contribution in [0, 0.1) is 5.92 Å². The van der Waals surface area contributed by atoms with Gasteiger partial charge in [0.15, 0.2) is 0 Å². The number of amides is 1. The molecule has 0 saturated heterocycles. The number of carbonyl (C=O) groups excluding carboxylic acids is 1. The summed E-state index contributed by atoms with van der Waals surface area (Å²) in [6, 6.07) is 8.35. The summed E-state index contributed by atoms with van der Waals surface area (Å²) in [4.78, 5) is 11.7. The molecule has 0 radical (unpaired) electrons. The van der Waals surface area contributed by atoms with E-state index >= 15 is 0 Å². The molecule has 1 amide bonds. The predicted molar refractivity (Wildman–Crippen MR) is 86.7 cm³/mol. The third-order valence-electron chi connectivity index (χ3n) is 3.60. The highest BCUT2D eigenvalue weighted by Gasteiger charge is 2.21. The Kier molecular flexibility index (Phi) is 4.76. The van der Waals surface area contributed by atoms with Gasteiger partial charge in [0.05, 0.1) is 0 Å². The number of hydrogen-bond donors (Lipinski definition) is 2. The van der Waals surface area contributed by atoms with Crippen molar-refractivity contribution in [2.75, 3.05) is 10.6 Å². The maximum absolute atomic E-state index is 11.7. The van der Waals surface area contributed by atoms with Crippen LogP contribution in [0.15, 0.2) is 24.3 Å². The van der Waals surface area contributed by atoms with E-state index in [1.54, 1.807) is 0 Å². The van der Waals surface area contributed by atoms with Gasteiger partial charge >= 0.3 is 6.09 Å². The van der Waals surface area contributed by atoms with Gasteiger partial charge in [0.1, 0.15) is 5.60 Å². The zero-order chi connectivity index (χ0) is 15.5. The van der Waals surface area contributed by atoms with Crippen LogP contribution in [-0.2, 0) is 4.74 Å². The highest BCUT2D eigenvalue weighted by Crippen LogP contribution is 2.27. The zero-order valence-corrected chi connectivity index (χ0v) is 13.4. The number of carbonyl (C=O) groups is 1. The van der Waals surface area contributed by atoms with Crippen molar-refractivity contribution in [1.29, 1.82) is 0 Å². The van der Waals surface area contributed by atoms with Crippen LogP contribution in [0.5, 0.6) is 0 Å². The molecule has 0 spiro atoms. The Bertz CT molecular complexity index is 477. The number of benzene rings is 1. The van der Waals surface area contributed by atoms with Crippen molar-refractivity contribution in [3.05, 3.63) is 24.3 Å². The molecule has 2 unspecified atom stereocenters. The molecule has 1 aromatic carbocycles. The van der Waals surface area contributed by atoms with Gasteiger partial charge in [0.25, 0.3) is 0 Å². The molecular weight excluding hydrogens is 264 g/mol. The predicted octanol–water partition coefficient (Wildman–Crippen LogP) is 4.63. The van der Waals surface area contributed by atoms with Crippen LogP contribution in [0.2, 0.25) is 0 Å². The lowest BCUT2D eigenvalue weighted by atomic mass is 10.1. The van der Waals surface area contributed by atoms with Gasteiger partial charge < -0.3 is 10.1 Å². The Labute approximate surface area is 127 Å². The second kappa shape index (κ2) is 6.37. The smallest absolute Gasteiger partial charge is 0.412 e. The van der Waals surface area contributed by atoms with E-state index in [2.05, 4.69) is 17.6 Å². The SMILES string of the molecule is CC1CCC(Nc2ccc(NC(=O)OC(C)(C)C)cc2)C1. The molecule has 0 heterocycles. The molecule has 1 fully saturated rings. The van der Waals surface area contributed by atoms with Gasteiger partial charge in [-0.15, -0.1) is 0 Å². The van der Waals surface area contributed by atoms with E-state index in [1.165, 1.54) is 19.3 Å². The average molecular weight is 290 g/mol. The van der Waals surface area contributed by atoms with Gasteiger partial charge in [0.2, 0.25) is 0 Å². The fraction of sp³-hybridized carbons (Fsp3) is 0.588. The molecule has 2 N–H and O–H groups in total. The van der Waals surface area contributed by atoms with Crippen LogP contribution in [0.25, 0.3) is 0 Å². The van der Waals surface area contributed by atoms with E-state index < -0.39 is 11.7 Å². The second-order valence-corrected chi connectivity index (χ2v) is 6.96. The molecule has 21 heavy (non-hydrogen) atoms. The van der Waals surface area contributed by atoms with Crippen LogP contribution >= 0.6 is 0 Å². The van der Waals surface area contributed by atoms with E-state index in [9.17, 15) is 4.79 Å². The molecule has 2 atom stereocenters. The van der Waals surface area contributed by atoms with Crippen molar-refractivity contribution in [2.24, 2.45) is 5.92 Å². The van der Waals surface area contributed by atoms with Gasteiger partial charge in [-0.3, -0.25) is 5.32 Å². The van der Waals surface area contributed by atoms with Gasteiger partial charge in [-0.1, -0.05) is 6.92 Å². The molecule has 4 heteroatoms. The Morgan fingerprint density at radius 3 is 2.29 bits per heavy atom. The molecule has 0 aliphatic heterocycles. The monoisotopic (exact) mass is 290 g/mol. The van der Waals surface area contributed by atoms with Crippen molar-refractivity contribution in [1.82, 2.24) is 0 Å². The summed E-state index contributed by atoms with van der Waals surface area (Å²) in [6.45, 7) is 7.85. The van der Waals surface area contributed by atoms with Crippen molar-refractivity contribution >= 4 is 17.5 Å². The maximum Gasteiger partial charge on any atom is 0.412 e. The number of nitrogens with one attached hydrogen (secondary N) is 2. The van der Waals surface area contributed by atoms with E-state index in [-0.39, 0.29) is 0 Å². The topological polar surface area (TPSA) is 50.4 Å². The average Bonchev–Trinajstić information content (AvgIpc) is 2.75. The van der Waals surface area contributed by atoms with Crippen LogP contribution in [0.3, 0.4) is 0 Å². The number of anilines is 2. The van der Waals surface area contributed by atoms with Gasteiger partial charge in [-0.05, 0) is 70.2 Å². The molecule has 2 rings (SSSR count). The second-order valence-electron chi connectivity index (χ2n) is 6.96. The fourth-order valence-electron chi connectivity index (χ4n) is 2.65. The van der Waals surface area contributed by atoms with E-state index in [4.69, 9.17) is 4.74 Å². The molecular formula is C17H26N2O2. The van der Waals surface area contributed by atoms with E-state index in [0.29, 0.717) is 6.04 Å². The number of hydrogen-bond acceptors (Lipinski definition) is 3.